The predicted molar refractivity (Wildman–Crippen MR) is 74.4 cm³/mol. The van der Waals surface area contributed by atoms with Crippen molar-refractivity contribution in [2.24, 2.45) is 7.05 Å². The maximum Gasteiger partial charge on any atom is 0.130 e. The van der Waals surface area contributed by atoms with Gasteiger partial charge in [-0.3, -0.25) is 0 Å². The lowest BCUT2D eigenvalue weighted by molar-refractivity contribution is 0.721. The van der Waals surface area contributed by atoms with Crippen molar-refractivity contribution in [1.29, 1.82) is 0 Å². The molecule has 2 rings (SSSR count). The average molecular weight is 327 g/mol. The van der Waals surface area contributed by atoms with Gasteiger partial charge in [0.15, 0.2) is 0 Å². The van der Waals surface area contributed by atoms with Gasteiger partial charge in [-0.15, -0.1) is 0 Å². The summed E-state index contributed by atoms with van der Waals surface area (Å²) in [6, 6.07) is 8.53. The Bertz CT molecular complexity index is 479. The van der Waals surface area contributed by atoms with Crippen molar-refractivity contribution >= 4 is 28.3 Å². The number of rotatable bonds is 3. The summed E-state index contributed by atoms with van der Waals surface area (Å²) < 4.78 is 3.26. The number of hydrogen-bond donors (Lipinski definition) is 1. The topological polar surface area (TPSA) is 29.9 Å². The molecule has 0 spiro atoms. The molecule has 0 aliphatic carbocycles. The smallest absolute Gasteiger partial charge is 0.130 e. The lowest BCUT2D eigenvalue weighted by Gasteiger charge is -2.15. The van der Waals surface area contributed by atoms with Crippen molar-refractivity contribution < 1.29 is 0 Å². The van der Waals surface area contributed by atoms with Gasteiger partial charge < -0.3 is 9.88 Å². The fourth-order valence-corrected chi connectivity index (χ4v) is 2.23. The van der Waals surface area contributed by atoms with Crippen LogP contribution < -0.4 is 5.32 Å². The average Bonchev–Trinajstić information content (AvgIpc) is 2.64. The van der Waals surface area contributed by atoms with Gasteiger partial charge in [-0.25, -0.2) is 4.98 Å². The van der Waals surface area contributed by atoms with Crippen molar-refractivity contribution in [2.45, 2.75) is 13.0 Å². The number of hydrogen-bond acceptors (Lipinski definition) is 2. The molecule has 16 heavy (non-hydrogen) atoms. The maximum atomic E-state index is 4.33. The minimum Gasteiger partial charge on any atom is -0.375 e. The molecule has 0 saturated carbocycles. The van der Waals surface area contributed by atoms with Crippen molar-refractivity contribution in [1.82, 2.24) is 9.55 Å². The first kappa shape index (κ1) is 11.4. The van der Waals surface area contributed by atoms with Crippen LogP contribution in [0.1, 0.15) is 18.8 Å². The van der Waals surface area contributed by atoms with Crippen LogP contribution in [-0.4, -0.2) is 9.55 Å². The number of aryl methyl sites for hydroxylation is 1. The first-order valence-corrected chi connectivity index (χ1v) is 6.24. The van der Waals surface area contributed by atoms with Crippen molar-refractivity contribution in [3.8, 4) is 0 Å². The minimum absolute atomic E-state index is 0.207. The number of nitrogens with zero attached hydrogens (tertiary/aromatic N) is 2. The van der Waals surface area contributed by atoms with Gasteiger partial charge in [0.1, 0.15) is 5.82 Å². The summed E-state index contributed by atoms with van der Waals surface area (Å²) in [6.07, 6.45) is 3.78. The molecule has 3 nitrogen and oxygen atoms in total. The maximum absolute atomic E-state index is 4.33. The van der Waals surface area contributed by atoms with Crippen LogP contribution >= 0.6 is 22.6 Å². The van der Waals surface area contributed by atoms with E-state index < -0.39 is 0 Å². The molecule has 1 unspecified atom stereocenters. The summed E-state index contributed by atoms with van der Waals surface area (Å²) in [5.74, 6) is 1.04. The zero-order valence-corrected chi connectivity index (χ0v) is 11.5. The number of imidazole rings is 1. The molecule has 0 bridgehead atoms. The summed E-state index contributed by atoms with van der Waals surface area (Å²) in [7, 11) is 2.01. The Hall–Kier alpha value is -1.04. The molecular formula is C12H14IN3. The summed E-state index contributed by atoms with van der Waals surface area (Å²) >= 11 is 2.31. The lowest BCUT2D eigenvalue weighted by atomic mass is 10.2. The normalized spacial score (nSPS) is 12.4. The number of aromatic nitrogens is 2. The van der Waals surface area contributed by atoms with E-state index in [-0.39, 0.29) is 6.04 Å². The Kier molecular flexibility index (Phi) is 3.48. The number of halogens is 1. The molecule has 0 aliphatic heterocycles. The molecule has 1 aromatic carbocycles. The Morgan fingerprint density at radius 3 is 2.88 bits per heavy atom. The summed E-state index contributed by atoms with van der Waals surface area (Å²) in [5, 5.41) is 3.44. The third kappa shape index (κ3) is 2.55. The molecule has 0 aliphatic rings. The van der Waals surface area contributed by atoms with E-state index in [9.17, 15) is 0 Å². The van der Waals surface area contributed by atoms with Gasteiger partial charge in [-0.1, -0.05) is 6.07 Å². The molecule has 0 saturated heterocycles. The predicted octanol–water partition coefficient (Wildman–Crippen LogP) is 3.20. The zero-order valence-electron chi connectivity index (χ0n) is 9.31. The van der Waals surface area contributed by atoms with Gasteiger partial charge in [0.05, 0.1) is 6.04 Å². The van der Waals surface area contributed by atoms with Crippen molar-refractivity contribution in [3.05, 3.63) is 46.1 Å². The second-order valence-electron chi connectivity index (χ2n) is 3.77. The molecule has 1 atom stereocenters. The third-order valence-electron chi connectivity index (χ3n) is 2.45. The first-order valence-electron chi connectivity index (χ1n) is 5.16. The molecule has 2 aromatic rings. The summed E-state index contributed by atoms with van der Waals surface area (Å²) in [5.41, 5.74) is 1.13. The highest BCUT2D eigenvalue weighted by atomic mass is 127. The van der Waals surface area contributed by atoms with Gasteiger partial charge in [0.2, 0.25) is 0 Å². The molecule has 0 fully saturated rings. The van der Waals surface area contributed by atoms with Crippen LogP contribution in [0.15, 0.2) is 36.7 Å². The van der Waals surface area contributed by atoms with Crippen LogP contribution in [0.3, 0.4) is 0 Å². The van der Waals surface area contributed by atoms with Gasteiger partial charge in [-0.2, -0.15) is 0 Å². The summed E-state index contributed by atoms with van der Waals surface area (Å²) in [4.78, 5) is 4.33. The molecule has 1 aromatic heterocycles. The molecular weight excluding hydrogens is 313 g/mol. The van der Waals surface area contributed by atoms with E-state index in [4.69, 9.17) is 0 Å². The first-order chi connectivity index (χ1) is 7.66. The van der Waals surface area contributed by atoms with Crippen LogP contribution in [0.25, 0.3) is 0 Å². The molecule has 4 heteroatoms. The van der Waals surface area contributed by atoms with E-state index in [1.54, 1.807) is 0 Å². The van der Waals surface area contributed by atoms with Crippen LogP contribution in [0.4, 0.5) is 5.69 Å². The van der Waals surface area contributed by atoms with E-state index in [2.05, 4.69) is 64.1 Å². The number of nitrogens with one attached hydrogen (secondary N) is 1. The van der Waals surface area contributed by atoms with E-state index in [1.165, 1.54) is 3.57 Å². The summed E-state index contributed by atoms with van der Waals surface area (Å²) in [6.45, 7) is 2.11. The van der Waals surface area contributed by atoms with Crippen molar-refractivity contribution in [2.75, 3.05) is 5.32 Å². The molecule has 84 valence electrons. The molecule has 1 N–H and O–H groups in total. The van der Waals surface area contributed by atoms with E-state index in [0.29, 0.717) is 0 Å². The third-order valence-corrected chi connectivity index (χ3v) is 3.12. The van der Waals surface area contributed by atoms with Gasteiger partial charge in [-0.05, 0) is 47.7 Å². The van der Waals surface area contributed by atoms with E-state index >= 15 is 0 Å². The number of benzene rings is 1. The van der Waals surface area contributed by atoms with E-state index in [1.807, 2.05) is 24.0 Å². The fourth-order valence-electron chi connectivity index (χ4n) is 1.69. The molecule has 1 heterocycles. The standard InChI is InChI=1S/C12H14IN3/c1-9(12-14-6-7-16(12)2)15-11-5-3-4-10(13)8-11/h3-9,15H,1-2H3. The highest BCUT2D eigenvalue weighted by Crippen LogP contribution is 2.19. The SMILES string of the molecule is CC(Nc1cccc(I)c1)c1nccn1C. The largest absolute Gasteiger partial charge is 0.375 e. The minimum atomic E-state index is 0.207. The van der Waals surface area contributed by atoms with Crippen LogP contribution in [0.2, 0.25) is 0 Å². The zero-order chi connectivity index (χ0) is 11.5. The van der Waals surface area contributed by atoms with Crippen LogP contribution in [0.5, 0.6) is 0 Å². The Morgan fingerprint density at radius 2 is 2.25 bits per heavy atom. The van der Waals surface area contributed by atoms with Gasteiger partial charge in [0.25, 0.3) is 0 Å². The second kappa shape index (κ2) is 4.86. The van der Waals surface area contributed by atoms with Crippen LogP contribution in [-0.2, 0) is 7.05 Å². The quantitative estimate of drug-likeness (QED) is 0.878. The highest BCUT2D eigenvalue weighted by Gasteiger charge is 2.09. The molecule has 0 amide bonds. The van der Waals surface area contributed by atoms with Crippen molar-refractivity contribution in [3.63, 3.8) is 0 Å². The Balaban J connectivity index is 2.14. The van der Waals surface area contributed by atoms with Gasteiger partial charge in [0, 0.05) is 28.7 Å². The number of anilines is 1. The van der Waals surface area contributed by atoms with Crippen LogP contribution in [0, 0.1) is 3.57 Å². The Morgan fingerprint density at radius 1 is 1.44 bits per heavy atom. The second-order valence-corrected chi connectivity index (χ2v) is 5.02. The lowest BCUT2D eigenvalue weighted by Crippen LogP contribution is -2.11. The monoisotopic (exact) mass is 327 g/mol. The van der Waals surface area contributed by atoms with E-state index in [0.717, 1.165) is 11.5 Å². The fraction of sp³-hybridized carbons (Fsp3) is 0.250. The highest BCUT2D eigenvalue weighted by molar-refractivity contribution is 14.1. The molecule has 0 radical (unpaired) electrons. The van der Waals surface area contributed by atoms with Gasteiger partial charge >= 0.3 is 0 Å². The Labute approximate surface area is 109 Å².